The lowest BCUT2D eigenvalue weighted by molar-refractivity contribution is -0.105. The van der Waals surface area contributed by atoms with Gasteiger partial charge in [0.05, 0.1) is 28.7 Å². The lowest BCUT2D eigenvalue weighted by Gasteiger charge is -2.03. The second-order valence-corrected chi connectivity index (χ2v) is 5.17. The van der Waals surface area contributed by atoms with Gasteiger partial charge >= 0.3 is 0 Å². The minimum Gasteiger partial charge on any atom is -0.497 e. The van der Waals surface area contributed by atoms with Crippen molar-refractivity contribution in [2.24, 2.45) is 0 Å². The van der Waals surface area contributed by atoms with Gasteiger partial charge in [0.25, 0.3) is 5.56 Å². The number of aromatic nitrogens is 2. The van der Waals surface area contributed by atoms with Crippen molar-refractivity contribution in [1.29, 1.82) is 0 Å². The van der Waals surface area contributed by atoms with Gasteiger partial charge in [-0.15, -0.1) is 11.3 Å². The van der Waals surface area contributed by atoms with Gasteiger partial charge in [0, 0.05) is 11.4 Å². The Morgan fingerprint density at radius 1 is 1.38 bits per heavy atom. The van der Waals surface area contributed by atoms with E-state index >= 15 is 0 Å². The fraction of sp³-hybridized carbons (Fsp3) is 0.0714. The molecule has 0 saturated heterocycles. The van der Waals surface area contributed by atoms with Crippen LogP contribution in [0.4, 0.5) is 5.69 Å². The fourth-order valence-electron chi connectivity index (χ4n) is 1.96. The van der Waals surface area contributed by atoms with Crippen LogP contribution in [0.15, 0.2) is 34.4 Å². The molecule has 7 heteroatoms. The summed E-state index contributed by atoms with van der Waals surface area (Å²) < 4.78 is 5.12. The van der Waals surface area contributed by atoms with Gasteiger partial charge in [0.1, 0.15) is 11.4 Å². The number of amides is 1. The van der Waals surface area contributed by atoms with E-state index in [2.05, 4.69) is 15.3 Å². The van der Waals surface area contributed by atoms with Crippen molar-refractivity contribution < 1.29 is 9.53 Å². The second kappa shape index (κ2) is 5.37. The Bertz CT molecular complexity index is 869. The Balaban J connectivity index is 2.11. The number of aromatic amines is 1. The Hall–Kier alpha value is -2.67. The molecule has 2 N–H and O–H groups in total. The first-order valence-electron chi connectivity index (χ1n) is 6.08. The van der Waals surface area contributed by atoms with Gasteiger partial charge in [0.2, 0.25) is 6.41 Å². The summed E-state index contributed by atoms with van der Waals surface area (Å²) >= 11 is 1.34. The molecule has 0 aliphatic rings. The van der Waals surface area contributed by atoms with Crippen LogP contribution in [0, 0.1) is 0 Å². The van der Waals surface area contributed by atoms with Crippen molar-refractivity contribution in [1.82, 2.24) is 9.97 Å². The Kier molecular flexibility index (Phi) is 3.41. The molecule has 2 heterocycles. The number of benzene rings is 1. The van der Waals surface area contributed by atoms with Gasteiger partial charge in [-0.25, -0.2) is 4.98 Å². The molecule has 0 aliphatic heterocycles. The first kappa shape index (κ1) is 13.3. The van der Waals surface area contributed by atoms with Crippen molar-refractivity contribution in [3.63, 3.8) is 0 Å². The molecular weight excluding hydrogens is 290 g/mol. The third-order valence-corrected chi connectivity index (χ3v) is 3.89. The molecule has 21 heavy (non-hydrogen) atoms. The molecule has 0 fully saturated rings. The van der Waals surface area contributed by atoms with E-state index in [0.29, 0.717) is 39.5 Å². The number of ether oxygens (including phenoxy) is 1. The summed E-state index contributed by atoms with van der Waals surface area (Å²) in [7, 11) is 1.56. The normalized spacial score (nSPS) is 10.5. The fourth-order valence-corrected chi connectivity index (χ4v) is 2.80. The maximum Gasteiger partial charge on any atom is 0.275 e. The van der Waals surface area contributed by atoms with E-state index in [9.17, 15) is 9.59 Å². The number of hydrogen-bond acceptors (Lipinski definition) is 5. The van der Waals surface area contributed by atoms with Crippen LogP contribution in [0.25, 0.3) is 21.6 Å². The van der Waals surface area contributed by atoms with Crippen LogP contribution < -0.4 is 15.6 Å². The van der Waals surface area contributed by atoms with Crippen LogP contribution in [0.3, 0.4) is 0 Å². The number of nitrogens with zero attached hydrogens (tertiary/aromatic N) is 1. The SMILES string of the molecule is COc1ccc2nc(-c3cc(NC=O)cs3)c(=O)[nH]c2c1. The first-order chi connectivity index (χ1) is 10.2. The van der Waals surface area contributed by atoms with Crippen LogP contribution in [-0.4, -0.2) is 23.5 Å². The zero-order valence-electron chi connectivity index (χ0n) is 11.0. The highest BCUT2D eigenvalue weighted by molar-refractivity contribution is 7.14. The highest BCUT2D eigenvalue weighted by atomic mass is 32.1. The Morgan fingerprint density at radius 3 is 3.00 bits per heavy atom. The van der Waals surface area contributed by atoms with Crippen molar-refractivity contribution >= 4 is 34.5 Å². The predicted octanol–water partition coefficient (Wildman–Crippen LogP) is 2.23. The van der Waals surface area contributed by atoms with Crippen molar-refractivity contribution in [2.45, 2.75) is 0 Å². The largest absolute Gasteiger partial charge is 0.497 e. The molecule has 0 radical (unpaired) electrons. The summed E-state index contributed by atoms with van der Waals surface area (Å²) in [4.78, 5) is 30.5. The highest BCUT2D eigenvalue weighted by Crippen LogP contribution is 2.27. The molecule has 2 aromatic heterocycles. The van der Waals surface area contributed by atoms with Crippen LogP contribution in [0.2, 0.25) is 0 Å². The van der Waals surface area contributed by atoms with E-state index in [0.717, 1.165) is 0 Å². The average Bonchev–Trinajstić information content (AvgIpc) is 2.94. The molecular formula is C14H11N3O3S. The van der Waals surface area contributed by atoms with Gasteiger partial charge in [-0.05, 0) is 18.2 Å². The van der Waals surface area contributed by atoms with Gasteiger partial charge in [-0.2, -0.15) is 0 Å². The van der Waals surface area contributed by atoms with Crippen LogP contribution in [0.1, 0.15) is 0 Å². The molecule has 0 bridgehead atoms. The summed E-state index contributed by atoms with van der Waals surface area (Å²) in [6.45, 7) is 0. The smallest absolute Gasteiger partial charge is 0.275 e. The van der Waals surface area contributed by atoms with E-state index < -0.39 is 0 Å². The van der Waals surface area contributed by atoms with Crippen molar-refractivity contribution in [2.75, 3.05) is 12.4 Å². The van der Waals surface area contributed by atoms with Gasteiger partial charge in [0.15, 0.2) is 0 Å². The van der Waals surface area contributed by atoms with E-state index in [1.54, 1.807) is 36.8 Å². The molecule has 3 rings (SSSR count). The maximum atomic E-state index is 12.2. The van der Waals surface area contributed by atoms with E-state index in [1.807, 2.05) is 0 Å². The molecule has 3 aromatic rings. The number of carbonyl (C=O) groups is 1. The minimum absolute atomic E-state index is 0.282. The Morgan fingerprint density at radius 2 is 2.24 bits per heavy atom. The summed E-state index contributed by atoms with van der Waals surface area (Å²) in [5, 5.41) is 4.30. The number of rotatable bonds is 4. The van der Waals surface area contributed by atoms with Gasteiger partial charge < -0.3 is 15.0 Å². The molecule has 0 spiro atoms. The molecule has 106 valence electrons. The van der Waals surface area contributed by atoms with Crippen molar-refractivity contribution in [3.8, 4) is 16.3 Å². The van der Waals surface area contributed by atoms with E-state index in [1.165, 1.54) is 11.3 Å². The number of H-pyrrole nitrogens is 1. The lowest BCUT2D eigenvalue weighted by atomic mass is 10.2. The third-order valence-electron chi connectivity index (χ3n) is 2.96. The standard InChI is InChI=1S/C14H11N3O3S/c1-20-9-2-3-10-11(5-9)17-14(19)13(16-10)12-4-8(6-21-12)15-7-18/h2-7H,1H3,(H,15,18)(H,17,19). The first-order valence-corrected chi connectivity index (χ1v) is 6.96. The highest BCUT2D eigenvalue weighted by Gasteiger charge is 2.10. The summed E-state index contributed by atoms with van der Waals surface area (Å²) in [6.07, 6.45) is 0.593. The number of nitrogens with one attached hydrogen (secondary N) is 2. The van der Waals surface area contributed by atoms with Crippen molar-refractivity contribution in [3.05, 3.63) is 40.0 Å². The zero-order chi connectivity index (χ0) is 14.8. The quantitative estimate of drug-likeness (QED) is 0.724. The number of thiophene rings is 1. The maximum absolute atomic E-state index is 12.2. The Labute approximate surface area is 123 Å². The summed E-state index contributed by atoms with van der Waals surface area (Å²) in [6, 6.07) is 7.00. The molecule has 0 aliphatic carbocycles. The number of fused-ring (bicyclic) bond motifs is 1. The molecule has 1 aromatic carbocycles. The number of anilines is 1. The second-order valence-electron chi connectivity index (χ2n) is 4.26. The third kappa shape index (κ3) is 2.50. The monoisotopic (exact) mass is 301 g/mol. The van der Waals surface area contributed by atoms with Gasteiger partial charge in [-0.3, -0.25) is 9.59 Å². The van der Waals surface area contributed by atoms with E-state index in [-0.39, 0.29) is 5.56 Å². The molecule has 6 nitrogen and oxygen atoms in total. The molecule has 1 amide bonds. The van der Waals surface area contributed by atoms with E-state index in [4.69, 9.17) is 4.74 Å². The number of methoxy groups -OCH3 is 1. The minimum atomic E-state index is -0.282. The summed E-state index contributed by atoms with van der Waals surface area (Å²) in [5.41, 5.74) is 1.97. The van der Waals surface area contributed by atoms with Crippen LogP contribution >= 0.6 is 11.3 Å². The molecule has 0 unspecified atom stereocenters. The average molecular weight is 301 g/mol. The lowest BCUT2D eigenvalue weighted by Crippen LogP contribution is -2.10. The molecule has 0 atom stereocenters. The zero-order valence-corrected chi connectivity index (χ0v) is 11.9. The predicted molar refractivity (Wildman–Crippen MR) is 81.9 cm³/mol. The number of hydrogen-bond donors (Lipinski definition) is 2. The van der Waals surface area contributed by atoms with Crippen LogP contribution in [0.5, 0.6) is 5.75 Å². The molecule has 0 saturated carbocycles. The summed E-state index contributed by atoms with van der Waals surface area (Å²) in [5.74, 6) is 0.654. The van der Waals surface area contributed by atoms with Gasteiger partial charge in [-0.1, -0.05) is 0 Å². The number of carbonyl (C=O) groups excluding carboxylic acids is 1. The topological polar surface area (TPSA) is 84.1 Å². The van der Waals surface area contributed by atoms with Crippen LogP contribution in [-0.2, 0) is 4.79 Å².